The van der Waals surface area contributed by atoms with Crippen LogP contribution in [0.3, 0.4) is 0 Å². The van der Waals surface area contributed by atoms with Gasteiger partial charge in [0.15, 0.2) is 0 Å². The van der Waals surface area contributed by atoms with Crippen LogP contribution in [0.1, 0.15) is 22.6 Å². The van der Waals surface area contributed by atoms with Gasteiger partial charge >= 0.3 is 5.63 Å². The first kappa shape index (κ1) is 14.1. The van der Waals surface area contributed by atoms with Crippen LogP contribution >= 0.6 is 0 Å². The van der Waals surface area contributed by atoms with E-state index in [2.05, 4.69) is 12.1 Å². The normalized spacial score (nSPS) is 13.1. The van der Waals surface area contributed by atoms with E-state index in [1.54, 1.807) is 6.07 Å². The maximum absolute atomic E-state index is 12.2. The lowest BCUT2D eigenvalue weighted by atomic mass is 9.81. The molecule has 0 atom stereocenters. The van der Waals surface area contributed by atoms with E-state index in [9.17, 15) is 4.79 Å². The molecule has 3 heteroatoms. The molecule has 5 rings (SSSR count). The Kier molecular flexibility index (Phi) is 3.01. The number of fused-ring (bicyclic) bond motifs is 3. The minimum Gasteiger partial charge on any atom is -0.457 e. The zero-order valence-corrected chi connectivity index (χ0v) is 13.3. The Hall–Kier alpha value is -3.33. The molecule has 0 saturated carbocycles. The van der Waals surface area contributed by atoms with Crippen LogP contribution in [-0.2, 0) is 0 Å². The van der Waals surface area contributed by atoms with Gasteiger partial charge < -0.3 is 9.15 Å². The Bertz CT molecular complexity index is 1110. The maximum Gasteiger partial charge on any atom is 0.336 e. The van der Waals surface area contributed by atoms with E-state index in [4.69, 9.17) is 9.15 Å². The lowest BCUT2D eigenvalue weighted by Gasteiger charge is -2.29. The molecule has 3 nitrogen and oxygen atoms in total. The van der Waals surface area contributed by atoms with E-state index in [1.807, 2.05) is 60.7 Å². The van der Waals surface area contributed by atoms with Gasteiger partial charge in [0.1, 0.15) is 17.1 Å². The van der Waals surface area contributed by atoms with Gasteiger partial charge in [0, 0.05) is 28.5 Å². The number of hydrogen-bond donors (Lipinski definition) is 0. The summed E-state index contributed by atoms with van der Waals surface area (Å²) in [5.41, 5.74) is 3.31. The quantitative estimate of drug-likeness (QED) is 0.403. The number of benzene rings is 3. The fourth-order valence-corrected chi connectivity index (χ4v) is 3.62. The molecule has 120 valence electrons. The van der Waals surface area contributed by atoms with Gasteiger partial charge in [0.25, 0.3) is 0 Å². The summed E-state index contributed by atoms with van der Waals surface area (Å²) < 4.78 is 11.5. The van der Waals surface area contributed by atoms with Gasteiger partial charge in [-0.1, -0.05) is 54.6 Å². The van der Waals surface area contributed by atoms with Gasteiger partial charge in [-0.15, -0.1) is 0 Å². The Morgan fingerprint density at radius 3 is 2.00 bits per heavy atom. The SMILES string of the molecule is O=c1cc(C2c3ccccc3Oc3ccccc32)c2ccccc2o1. The molecular formula is C22H14O3. The molecule has 0 fully saturated rings. The van der Waals surface area contributed by atoms with Crippen molar-refractivity contribution in [2.24, 2.45) is 0 Å². The molecule has 0 spiro atoms. The van der Waals surface area contributed by atoms with Crippen LogP contribution in [0.4, 0.5) is 0 Å². The van der Waals surface area contributed by atoms with Gasteiger partial charge in [0.2, 0.25) is 0 Å². The number of ether oxygens (including phenoxy) is 1. The first-order valence-corrected chi connectivity index (χ1v) is 8.20. The van der Waals surface area contributed by atoms with Crippen LogP contribution in [0.2, 0.25) is 0 Å². The highest BCUT2D eigenvalue weighted by molar-refractivity contribution is 5.82. The van der Waals surface area contributed by atoms with Crippen LogP contribution in [0.15, 0.2) is 88.1 Å². The third-order valence-electron chi connectivity index (χ3n) is 4.67. The molecule has 1 aliphatic rings. The van der Waals surface area contributed by atoms with Crippen LogP contribution in [0.25, 0.3) is 11.0 Å². The molecule has 0 saturated heterocycles. The summed E-state index contributed by atoms with van der Waals surface area (Å²) in [6.07, 6.45) is 0. The van der Waals surface area contributed by atoms with Crippen molar-refractivity contribution in [3.63, 3.8) is 0 Å². The number of rotatable bonds is 1. The summed E-state index contributed by atoms with van der Waals surface area (Å²) >= 11 is 0. The highest BCUT2D eigenvalue weighted by Gasteiger charge is 2.29. The second-order valence-electron chi connectivity index (χ2n) is 6.13. The monoisotopic (exact) mass is 326 g/mol. The molecule has 1 aromatic heterocycles. The van der Waals surface area contributed by atoms with Gasteiger partial charge in [-0.05, 0) is 23.8 Å². The van der Waals surface area contributed by atoms with E-state index in [0.29, 0.717) is 5.58 Å². The van der Waals surface area contributed by atoms with E-state index in [-0.39, 0.29) is 11.5 Å². The first-order valence-electron chi connectivity index (χ1n) is 8.20. The van der Waals surface area contributed by atoms with Crippen molar-refractivity contribution in [2.75, 3.05) is 0 Å². The highest BCUT2D eigenvalue weighted by atomic mass is 16.5. The first-order chi connectivity index (χ1) is 12.3. The van der Waals surface area contributed by atoms with Crippen LogP contribution in [0.5, 0.6) is 11.5 Å². The lowest BCUT2D eigenvalue weighted by molar-refractivity contribution is 0.452. The summed E-state index contributed by atoms with van der Waals surface area (Å²) in [6.45, 7) is 0. The molecule has 0 N–H and O–H groups in total. The third-order valence-corrected chi connectivity index (χ3v) is 4.67. The lowest BCUT2D eigenvalue weighted by Crippen LogP contribution is -2.14. The standard InChI is InChI=1S/C22H14O3/c23-21-13-17(14-7-1-4-10-18(14)25-21)22-15-8-2-5-11-19(15)24-20-12-6-3-9-16(20)22/h1-13,22H. The molecule has 4 aromatic rings. The summed E-state index contributed by atoms with van der Waals surface area (Å²) in [5, 5.41) is 0.943. The Labute approximate surface area is 144 Å². The molecule has 0 amide bonds. The zero-order valence-electron chi connectivity index (χ0n) is 13.3. The second kappa shape index (κ2) is 5.35. The summed E-state index contributed by atoms with van der Waals surface area (Å²) in [6, 6.07) is 25.2. The van der Waals surface area contributed by atoms with E-state index in [0.717, 1.165) is 33.6 Å². The molecule has 3 aromatic carbocycles. The van der Waals surface area contributed by atoms with Crippen LogP contribution < -0.4 is 10.4 Å². The van der Waals surface area contributed by atoms with Crippen LogP contribution in [-0.4, -0.2) is 0 Å². The Balaban J connectivity index is 1.88. The van der Waals surface area contributed by atoms with Crippen molar-refractivity contribution in [1.82, 2.24) is 0 Å². The molecule has 0 bridgehead atoms. The van der Waals surface area contributed by atoms with Gasteiger partial charge in [-0.3, -0.25) is 0 Å². The van der Waals surface area contributed by atoms with E-state index in [1.165, 1.54) is 0 Å². The second-order valence-corrected chi connectivity index (χ2v) is 6.13. The smallest absolute Gasteiger partial charge is 0.336 e. The summed E-state index contributed by atoms with van der Waals surface area (Å²) in [4.78, 5) is 12.2. The molecule has 2 heterocycles. The Morgan fingerprint density at radius 2 is 1.28 bits per heavy atom. The average molecular weight is 326 g/mol. The predicted octanol–water partition coefficient (Wildman–Crippen LogP) is 5.08. The van der Waals surface area contributed by atoms with Crippen molar-refractivity contribution in [3.05, 3.63) is 106 Å². The molecule has 1 aliphatic heterocycles. The van der Waals surface area contributed by atoms with Crippen molar-refractivity contribution in [2.45, 2.75) is 5.92 Å². The highest BCUT2D eigenvalue weighted by Crippen LogP contribution is 2.47. The topological polar surface area (TPSA) is 39.4 Å². The van der Waals surface area contributed by atoms with Crippen molar-refractivity contribution in [3.8, 4) is 11.5 Å². The molecule has 0 radical (unpaired) electrons. The maximum atomic E-state index is 12.2. The van der Waals surface area contributed by atoms with Gasteiger partial charge in [-0.2, -0.15) is 0 Å². The van der Waals surface area contributed by atoms with Crippen molar-refractivity contribution >= 4 is 11.0 Å². The van der Waals surface area contributed by atoms with Gasteiger partial charge in [-0.25, -0.2) is 4.79 Å². The third kappa shape index (κ3) is 2.17. The van der Waals surface area contributed by atoms with Crippen LogP contribution in [0, 0.1) is 0 Å². The largest absolute Gasteiger partial charge is 0.457 e. The fraction of sp³-hybridized carbons (Fsp3) is 0.0455. The molecule has 25 heavy (non-hydrogen) atoms. The number of hydrogen-bond acceptors (Lipinski definition) is 3. The van der Waals surface area contributed by atoms with Gasteiger partial charge in [0.05, 0.1) is 0 Å². The Morgan fingerprint density at radius 1 is 0.680 bits per heavy atom. The summed E-state index contributed by atoms with van der Waals surface area (Å²) in [7, 11) is 0. The molecule has 0 aliphatic carbocycles. The van der Waals surface area contributed by atoms with Crippen molar-refractivity contribution in [1.29, 1.82) is 0 Å². The fourth-order valence-electron chi connectivity index (χ4n) is 3.62. The van der Waals surface area contributed by atoms with E-state index < -0.39 is 0 Å². The predicted molar refractivity (Wildman–Crippen MR) is 96.4 cm³/mol. The molecule has 0 unspecified atom stereocenters. The summed E-state index contributed by atoms with van der Waals surface area (Å²) in [5.74, 6) is 1.57. The van der Waals surface area contributed by atoms with E-state index >= 15 is 0 Å². The average Bonchev–Trinajstić information content (AvgIpc) is 2.65. The zero-order chi connectivity index (χ0) is 16.8. The minimum atomic E-state index is -0.338. The van der Waals surface area contributed by atoms with Crippen molar-refractivity contribution < 1.29 is 9.15 Å². The number of para-hydroxylation sites is 3. The molecular weight excluding hydrogens is 312 g/mol. The minimum absolute atomic E-state index is 0.0739.